The van der Waals surface area contributed by atoms with Gasteiger partial charge in [0.1, 0.15) is 0 Å². The van der Waals surface area contributed by atoms with E-state index in [1.54, 1.807) is 0 Å². The van der Waals surface area contributed by atoms with E-state index in [4.69, 9.17) is 4.74 Å². The molecule has 0 heterocycles. The van der Waals surface area contributed by atoms with Gasteiger partial charge in [-0.3, -0.25) is 0 Å². The number of benzene rings is 2. The Morgan fingerprint density at radius 2 is 1.42 bits per heavy atom. The number of allylic oxidation sites excluding steroid dienone is 2. The van der Waals surface area contributed by atoms with Gasteiger partial charge in [0.25, 0.3) is 0 Å². The smallest absolute Gasteiger partial charge is 0.315 e. The Balaban J connectivity index is 1.51. The van der Waals surface area contributed by atoms with Crippen molar-refractivity contribution >= 4 is 0 Å². The van der Waals surface area contributed by atoms with E-state index in [9.17, 15) is 22.0 Å². The summed E-state index contributed by atoms with van der Waals surface area (Å²) in [6.07, 6.45) is 0.199. The minimum Gasteiger partial charge on any atom is -0.315 e. The van der Waals surface area contributed by atoms with Crippen LogP contribution in [0.3, 0.4) is 0 Å². The Morgan fingerprint density at radius 1 is 0.839 bits per heavy atom. The molecule has 1 aliphatic rings. The Kier molecular flexibility index (Phi) is 7.52. The van der Waals surface area contributed by atoms with E-state index in [-0.39, 0.29) is 12.2 Å². The molecule has 0 saturated heterocycles. The van der Waals surface area contributed by atoms with Crippen molar-refractivity contribution in [1.29, 1.82) is 0 Å². The molecule has 0 aromatic heterocycles. The first-order valence-electron chi connectivity index (χ1n) is 10.6. The zero-order valence-corrected chi connectivity index (χ0v) is 17.5. The average molecular weight is 438 g/mol. The number of alkyl halides is 5. The normalized spacial score (nSPS) is 20.3. The molecule has 3 rings (SSSR count). The minimum atomic E-state index is -4.49. The maximum absolute atomic E-state index is 14.1. The van der Waals surface area contributed by atoms with Crippen LogP contribution < -0.4 is 0 Å². The van der Waals surface area contributed by atoms with Gasteiger partial charge in [0, 0.05) is 0 Å². The summed E-state index contributed by atoms with van der Waals surface area (Å²) in [5.41, 5.74) is 1.08. The molecule has 168 valence electrons. The lowest BCUT2D eigenvalue weighted by molar-refractivity contribution is -0.244. The van der Waals surface area contributed by atoms with E-state index >= 15 is 0 Å². The van der Waals surface area contributed by atoms with Crippen LogP contribution in [0.25, 0.3) is 0 Å². The molecule has 1 saturated carbocycles. The highest BCUT2D eigenvalue weighted by molar-refractivity contribution is 5.26. The second-order valence-electron chi connectivity index (χ2n) is 8.18. The van der Waals surface area contributed by atoms with Crippen LogP contribution in [-0.4, -0.2) is 6.11 Å². The van der Waals surface area contributed by atoms with Crippen molar-refractivity contribution in [3.63, 3.8) is 0 Å². The first-order valence-corrected chi connectivity index (χ1v) is 10.6. The molecule has 1 nitrogen and oxygen atoms in total. The number of halogens is 5. The van der Waals surface area contributed by atoms with E-state index in [1.807, 2.05) is 31.2 Å². The first kappa shape index (κ1) is 23.5. The molecule has 0 atom stereocenters. The van der Waals surface area contributed by atoms with Gasteiger partial charge >= 0.3 is 12.3 Å². The van der Waals surface area contributed by atoms with Gasteiger partial charge in [-0.05, 0) is 73.3 Å². The topological polar surface area (TPSA) is 9.23 Å². The van der Waals surface area contributed by atoms with Crippen LogP contribution in [0.15, 0.2) is 60.7 Å². The molecule has 0 spiro atoms. The first-order chi connectivity index (χ1) is 14.7. The van der Waals surface area contributed by atoms with E-state index in [2.05, 4.69) is 12.2 Å². The second kappa shape index (κ2) is 9.94. The molecule has 1 aliphatic carbocycles. The van der Waals surface area contributed by atoms with Gasteiger partial charge in [-0.1, -0.05) is 48.6 Å². The minimum absolute atomic E-state index is 0.0851. The van der Waals surface area contributed by atoms with Crippen LogP contribution in [-0.2, 0) is 23.9 Å². The molecule has 1 fully saturated rings. The fourth-order valence-electron chi connectivity index (χ4n) is 4.09. The van der Waals surface area contributed by atoms with E-state index < -0.39 is 24.3 Å². The predicted molar refractivity (Wildman–Crippen MR) is 111 cm³/mol. The fraction of sp³-hybridized carbons (Fsp3) is 0.440. The summed E-state index contributed by atoms with van der Waals surface area (Å²) in [6, 6.07) is 11.3. The number of ether oxygens (including phenoxy) is 1. The molecule has 0 amide bonds. The van der Waals surface area contributed by atoms with Crippen LogP contribution in [0.1, 0.15) is 60.8 Å². The molecular formula is C25H27F5O. The van der Waals surface area contributed by atoms with Crippen molar-refractivity contribution in [2.75, 3.05) is 0 Å². The summed E-state index contributed by atoms with van der Waals surface area (Å²) in [6.45, 7) is 1.78. The lowest BCUT2D eigenvalue weighted by Crippen LogP contribution is -2.24. The average Bonchev–Trinajstić information content (AvgIpc) is 2.73. The summed E-state index contributed by atoms with van der Waals surface area (Å²) in [5.74, 6) is 1.15. The molecule has 0 radical (unpaired) electrons. The van der Waals surface area contributed by atoms with Crippen molar-refractivity contribution in [1.82, 2.24) is 0 Å². The van der Waals surface area contributed by atoms with Crippen molar-refractivity contribution in [2.45, 2.75) is 63.8 Å². The summed E-state index contributed by atoms with van der Waals surface area (Å²) in [7, 11) is 0. The summed E-state index contributed by atoms with van der Waals surface area (Å²) in [4.78, 5) is 0. The van der Waals surface area contributed by atoms with Gasteiger partial charge in [0.15, 0.2) is 0 Å². The molecule has 0 bridgehead atoms. The van der Waals surface area contributed by atoms with Crippen LogP contribution in [0.4, 0.5) is 22.0 Å². The number of hydrogen-bond acceptors (Lipinski definition) is 1. The third-order valence-corrected chi connectivity index (χ3v) is 5.83. The monoisotopic (exact) mass is 438 g/mol. The van der Waals surface area contributed by atoms with Gasteiger partial charge in [0.05, 0.1) is 18.6 Å². The molecule has 0 N–H and O–H groups in total. The van der Waals surface area contributed by atoms with Crippen LogP contribution in [0.5, 0.6) is 0 Å². The summed E-state index contributed by atoms with van der Waals surface area (Å²) < 4.78 is 70.8. The number of hydrogen-bond donors (Lipinski definition) is 0. The molecular weight excluding hydrogens is 411 g/mol. The third-order valence-electron chi connectivity index (χ3n) is 5.83. The third kappa shape index (κ3) is 6.89. The zero-order valence-electron chi connectivity index (χ0n) is 17.5. The van der Waals surface area contributed by atoms with Crippen molar-refractivity contribution in [3.8, 4) is 0 Å². The second-order valence-corrected chi connectivity index (χ2v) is 8.18. The lowest BCUT2D eigenvalue weighted by atomic mass is 9.78. The Morgan fingerprint density at radius 3 is 1.97 bits per heavy atom. The SMILES string of the molecule is CC=CC1CCC(c2ccc(COC(F)(F)Cc3ccc(C(F)(F)F)cc3)cc2)CC1. The number of rotatable bonds is 7. The Bertz CT molecular complexity index is 845. The van der Waals surface area contributed by atoms with Crippen LogP contribution >= 0.6 is 0 Å². The Labute approximate surface area is 179 Å². The summed E-state index contributed by atoms with van der Waals surface area (Å²) in [5, 5.41) is 0. The quantitative estimate of drug-likeness (QED) is 0.315. The fourth-order valence-corrected chi connectivity index (χ4v) is 4.09. The van der Waals surface area contributed by atoms with E-state index in [1.165, 1.54) is 5.56 Å². The zero-order chi connectivity index (χ0) is 22.5. The van der Waals surface area contributed by atoms with Gasteiger partial charge < -0.3 is 4.74 Å². The summed E-state index contributed by atoms with van der Waals surface area (Å²) >= 11 is 0. The predicted octanol–water partition coefficient (Wildman–Crippen LogP) is 7.91. The largest absolute Gasteiger partial charge is 0.416 e. The van der Waals surface area contributed by atoms with E-state index in [0.717, 1.165) is 49.9 Å². The van der Waals surface area contributed by atoms with E-state index in [0.29, 0.717) is 17.4 Å². The van der Waals surface area contributed by atoms with Crippen molar-refractivity contribution in [3.05, 3.63) is 82.9 Å². The van der Waals surface area contributed by atoms with Gasteiger partial charge in [-0.25, -0.2) is 0 Å². The van der Waals surface area contributed by atoms with Gasteiger partial charge in [-0.2, -0.15) is 22.0 Å². The molecule has 0 unspecified atom stereocenters. The lowest BCUT2D eigenvalue weighted by Gasteiger charge is -2.27. The maximum Gasteiger partial charge on any atom is 0.416 e. The molecule has 0 aliphatic heterocycles. The van der Waals surface area contributed by atoms with Gasteiger partial charge in [0.2, 0.25) is 0 Å². The molecule has 6 heteroatoms. The molecule has 2 aromatic rings. The van der Waals surface area contributed by atoms with Crippen LogP contribution in [0, 0.1) is 5.92 Å². The Hall–Kier alpha value is -2.21. The highest BCUT2D eigenvalue weighted by atomic mass is 19.4. The highest BCUT2D eigenvalue weighted by Gasteiger charge is 2.33. The van der Waals surface area contributed by atoms with Crippen LogP contribution in [0.2, 0.25) is 0 Å². The maximum atomic E-state index is 14.1. The van der Waals surface area contributed by atoms with Crippen molar-refractivity contribution < 1.29 is 26.7 Å². The standard InChI is InChI=1S/C25H27F5O/c1-2-3-18-4-10-21(11-5-18)22-12-6-20(7-13-22)17-31-24(26,27)16-19-8-14-23(15-9-19)25(28,29)30/h2-3,6-9,12-15,18,21H,4-5,10-11,16-17H2,1H3. The molecule has 2 aromatic carbocycles. The van der Waals surface area contributed by atoms with Gasteiger partial charge in [-0.15, -0.1) is 0 Å². The highest BCUT2D eigenvalue weighted by Crippen LogP contribution is 2.36. The molecule has 31 heavy (non-hydrogen) atoms. The van der Waals surface area contributed by atoms with Crippen molar-refractivity contribution in [2.24, 2.45) is 5.92 Å².